The SMILES string of the molecule is O=C([C@@H]1CCCO1)N1CCC([C@@H]2C[C@H](C(F)(F)F)n3ncnc3N2)CC1. The molecule has 2 saturated heterocycles. The van der Waals surface area contributed by atoms with Crippen molar-refractivity contribution < 1.29 is 22.7 Å². The molecule has 1 aromatic heterocycles. The molecule has 3 atom stereocenters. The summed E-state index contributed by atoms with van der Waals surface area (Å²) in [6, 6.07) is -1.98. The number of nitrogens with one attached hydrogen (secondary N) is 1. The van der Waals surface area contributed by atoms with Crippen molar-refractivity contribution in [2.45, 2.75) is 56.5 Å². The number of hydrogen-bond donors (Lipinski definition) is 1. The van der Waals surface area contributed by atoms with Gasteiger partial charge in [-0.05, 0) is 38.0 Å². The van der Waals surface area contributed by atoms with Crippen molar-refractivity contribution in [1.29, 1.82) is 0 Å². The molecule has 1 aromatic rings. The number of piperidine rings is 1. The van der Waals surface area contributed by atoms with Crippen LogP contribution in [0.4, 0.5) is 19.1 Å². The fraction of sp³-hybridized carbons (Fsp3) is 0.812. The molecule has 0 aromatic carbocycles. The Morgan fingerprint density at radius 3 is 2.69 bits per heavy atom. The fourth-order valence-electron chi connectivity index (χ4n) is 4.23. The monoisotopic (exact) mass is 373 g/mol. The number of carbonyl (C=O) groups is 1. The summed E-state index contributed by atoms with van der Waals surface area (Å²) >= 11 is 0. The summed E-state index contributed by atoms with van der Waals surface area (Å²) in [5, 5.41) is 6.83. The number of aromatic nitrogens is 3. The Morgan fingerprint density at radius 2 is 2.04 bits per heavy atom. The fourth-order valence-corrected chi connectivity index (χ4v) is 4.23. The van der Waals surface area contributed by atoms with Crippen LogP contribution in [0.15, 0.2) is 6.33 Å². The van der Waals surface area contributed by atoms with Gasteiger partial charge in [0, 0.05) is 25.7 Å². The van der Waals surface area contributed by atoms with Crippen molar-refractivity contribution in [3.63, 3.8) is 0 Å². The number of alkyl halides is 3. The topological polar surface area (TPSA) is 72.3 Å². The molecule has 26 heavy (non-hydrogen) atoms. The van der Waals surface area contributed by atoms with Crippen molar-refractivity contribution in [3.05, 3.63) is 6.33 Å². The second-order valence-electron chi connectivity index (χ2n) is 7.24. The van der Waals surface area contributed by atoms with Crippen LogP contribution in [0.1, 0.15) is 38.1 Å². The van der Waals surface area contributed by atoms with Crippen molar-refractivity contribution in [2.24, 2.45) is 5.92 Å². The van der Waals surface area contributed by atoms with E-state index in [9.17, 15) is 18.0 Å². The lowest BCUT2D eigenvalue weighted by atomic mass is 9.85. The van der Waals surface area contributed by atoms with E-state index in [1.165, 1.54) is 0 Å². The summed E-state index contributed by atoms with van der Waals surface area (Å²) in [7, 11) is 0. The zero-order valence-corrected chi connectivity index (χ0v) is 14.3. The lowest BCUT2D eigenvalue weighted by Crippen LogP contribution is -2.49. The average Bonchev–Trinajstić information content (AvgIpc) is 3.31. The molecular formula is C16H22F3N5O2. The van der Waals surface area contributed by atoms with E-state index in [1.54, 1.807) is 4.90 Å². The van der Waals surface area contributed by atoms with Gasteiger partial charge in [0.1, 0.15) is 12.4 Å². The number of anilines is 1. The molecule has 4 heterocycles. The van der Waals surface area contributed by atoms with E-state index >= 15 is 0 Å². The van der Waals surface area contributed by atoms with E-state index in [2.05, 4.69) is 15.4 Å². The van der Waals surface area contributed by atoms with Crippen LogP contribution < -0.4 is 5.32 Å². The van der Waals surface area contributed by atoms with Gasteiger partial charge in [0.05, 0.1) is 0 Å². The standard InChI is InChI=1S/C16H22F3N5O2/c17-16(18,19)13-8-11(22-15-20-9-21-24(13)15)10-3-5-23(6-4-10)14(25)12-2-1-7-26-12/h9-13H,1-8H2,(H,20,21,22)/t11-,12-,13+/m0/s1. The smallest absolute Gasteiger partial charge is 0.368 e. The van der Waals surface area contributed by atoms with Crippen molar-refractivity contribution in [3.8, 4) is 0 Å². The number of rotatable bonds is 2. The van der Waals surface area contributed by atoms with Crippen molar-refractivity contribution in [1.82, 2.24) is 19.7 Å². The molecule has 1 N–H and O–H groups in total. The van der Waals surface area contributed by atoms with E-state index in [0.717, 1.165) is 23.9 Å². The molecule has 0 bridgehead atoms. The average molecular weight is 373 g/mol. The Balaban J connectivity index is 1.39. The Morgan fingerprint density at radius 1 is 1.27 bits per heavy atom. The van der Waals surface area contributed by atoms with Gasteiger partial charge in [-0.3, -0.25) is 4.79 Å². The van der Waals surface area contributed by atoms with Crippen LogP contribution in [0.5, 0.6) is 0 Å². The van der Waals surface area contributed by atoms with Gasteiger partial charge >= 0.3 is 6.18 Å². The third-order valence-corrected chi connectivity index (χ3v) is 5.66. The predicted octanol–water partition coefficient (Wildman–Crippen LogP) is 1.98. The molecule has 3 aliphatic rings. The first-order chi connectivity index (χ1) is 12.4. The van der Waals surface area contributed by atoms with Gasteiger partial charge in [0.15, 0.2) is 6.04 Å². The molecule has 0 saturated carbocycles. The number of nitrogens with zero attached hydrogens (tertiary/aromatic N) is 4. The largest absolute Gasteiger partial charge is 0.411 e. The quantitative estimate of drug-likeness (QED) is 0.858. The second-order valence-corrected chi connectivity index (χ2v) is 7.24. The van der Waals surface area contributed by atoms with Gasteiger partial charge in [-0.2, -0.15) is 23.3 Å². The predicted molar refractivity (Wildman–Crippen MR) is 85.4 cm³/mol. The number of amides is 1. The van der Waals surface area contributed by atoms with Crippen molar-refractivity contribution >= 4 is 11.9 Å². The first-order valence-corrected chi connectivity index (χ1v) is 9.06. The number of ether oxygens (including phenoxy) is 1. The molecule has 1 amide bonds. The molecule has 0 radical (unpaired) electrons. The summed E-state index contributed by atoms with van der Waals surface area (Å²) in [4.78, 5) is 18.1. The molecule has 144 valence electrons. The number of hydrogen-bond acceptors (Lipinski definition) is 5. The van der Waals surface area contributed by atoms with Gasteiger partial charge in [-0.1, -0.05) is 0 Å². The highest BCUT2D eigenvalue weighted by molar-refractivity contribution is 5.81. The lowest BCUT2D eigenvalue weighted by Gasteiger charge is -2.40. The second kappa shape index (κ2) is 6.71. The van der Waals surface area contributed by atoms with Gasteiger partial charge in [0.25, 0.3) is 5.91 Å². The summed E-state index contributed by atoms with van der Waals surface area (Å²) < 4.78 is 46.6. The first kappa shape index (κ1) is 17.6. The van der Waals surface area contributed by atoms with E-state index in [-0.39, 0.29) is 36.3 Å². The molecular weight excluding hydrogens is 351 g/mol. The Bertz CT molecular complexity index is 651. The van der Waals surface area contributed by atoms with E-state index in [1.807, 2.05) is 0 Å². The lowest BCUT2D eigenvalue weighted by molar-refractivity contribution is -0.174. The molecule has 2 fully saturated rings. The van der Waals surface area contributed by atoms with E-state index in [4.69, 9.17) is 4.74 Å². The maximum Gasteiger partial charge on any atom is 0.411 e. The molecule has 0 spiro atoms. The maximum atomic E-state index is 13.4. The minimum absolute atomic E-state index is 0.0189. The van der Waals surface area contributed by atoms with Crippen LogP contribution in [0.25, 0.3) is 0 Å². The molecule has 0 aliphatic carbocycles. The molecule has 10 heteroatoms. The Labute approximate surface area is 148 Å². The van der Waals surface area contributed by atoms with Crippen LogP contribution in [0.2, 0.25) is 0 Å². The van der Waals surface area contributed by atoms with Crippen LogP contribution in [0.3, 0.4) is 0 Å². The van der Waals surface area contributed by atoms with E-state index in [0.29, 0.717) is 32.5 Å². The highest BCUT2D eigenvalue weighted by atomic mass is 19.4. The number of fused-ring (bicyclic) bond motifs is 1. The van der Waals surface area contributed by atoms with Crippen LogP contribution in [-0.2, 0) is 9.53 Å². The highest BCUT2D eigenvalue weighted by Crippen LogP contribution is 2.41. The summed E-state index contributed by atoms with van der Waals surface area (Å²) in [6.07, 6.45) is -0.614. The minimum atomic E-state index is -4.36. The molecule has 7 nitrogen and oxygen atoms in total. The summed E-state index contributed by atoms with van der Waals surface area (Å²) in [5.74, 6) is 0.255. The zero-order valence-electron chi connectivity index (χ0n) is 14.3. The van der Waals surface area contributed by atoms with Gasteiger partial charge in [0.2, 0.25) is 5.95 Å². The Kier molecular flexibility index (Phi) is 4.54. The maximum absolute atomic E-state index is 13.4. The molecule has 0 unspecified atom stereocenters. The highest BCUT2D eigenvalue weighted by Gasteiger charge is 2.48. The number of likely N-dealkylation sites (tertiary alicyclic amines) is 1. The third kappa shape index (κ3) is 3.26. The van der Waals surface area contributed by atoms with Crippen molar-refractivity contribution in [2.75, 3.05) is 25.0 Å². The summed E-state index contributed by atoms with van der Waals surface area (Å²) in [5.41, 5.74) is 0. The van der Waals surface area contributed by atoms with Crippen LogP contribution in [-0.4, -0.2) is 63.6 Å². The molecule has 3 aliphatic heterocycles. The molecule has 4 rings (SSSR count). The van der Waals surface area contributed by atoms with Gasteiger partial charge in [-0.15, -0.1) is 0 Å². The van der Waals surface area contributed by atoms with Crippen LogP contribution in [0, 0.1) is 5.92 Å². The number of halogens is 3. The minimum Gasteiger partial charge on any atom is -0.368 e. The van der Waals surface area contributed by atoms with E-state index < -0.39 is 12.2 Å². The number of carbonyl (C=O) groups excluding carboxylic acids is 1. The third-order valence-electron chi connectivity index (χ3n) is 5.66. The van der Waals surface area contributed by atoms with Gasteiger partial charge in [-0.25, -0.2) is 4.68 Å². The Hall–Kier alpha value is -1.84. The van der Waals surface area contributed by atoms with Crippen LogP contribution >= 0.6 is 0 Å². The zero-order chi connectivity index (χ0) is 18.3. The first-order valence-electron chi connectivity index (χ1n) is 9.06. The summed E-state index contributed by atoms with van der Waals surface area (Å²) in [6.45, 7) is 1.74. The normalized spacial score (nSPS) is 30.1. The van der Waals surface area contributed by atoms with Gasteiger partial charge < -0.3 is 15.0 Å².